The Morgan fingerprint density at radius 1 is 1.23 bits per heavy atom. The van der Waals surface area contributed by atoms with Crippen LogP contribution in [-0.4, -0.2) is 18.0 Å². The van der Waals surface area contributed by atoms with Crippen LogP contribution < -0.4 is 10.1 Å². The summed E-state index contributed by atoms with van der Waals surface area (Å²) in [4.78, 5) is 12.0. The van der Waals surface area contributed by atoms with Crippen molar-refractivity contribution in [1.29, 1.82) is 0 Å². The van der Waals surface area contributed by atoms with Gasteiger partial charge in [0.1, 0.15) is 5.75 Å². The minimum atomic E-state index is -0.522. The summed E-state index contributed by atoms with van der Waals surface area (Å²) in [6, 6.07) is 14.4. The summed E-state index contributed by atoms with van der Waals surface area (Å²) in [6.07, 6.45) is 2.54. The molecule has 2 aromatic carbocycles. The van der Waals surface area contributed by atoms with Crippen molar-refractivity contribution in [3.63, 3.8) is 0 Å². The molecule has 0 aromatic heterocycles. The standard InChI is InChI=1S/C18H19NO3/c1-13(20)15-4-3-5-16(12-15)19-11-10-18(21)14-6-8-17(22-2)9-7-14/h3-13,19-20H,1-2H3/b11-10+/t13-/m1/s1. The van der Waals surface area contributed by atoms with Crippen molar-refractivity contribution in [2.45, 2.75) is 13.0 Å². The van der Waals surface area contributed by atoms with E-state index in [1.807, 2.05) is 24.3 Å². The predicted molar refractivity (Wildman–Crippen MR) is 87.2 cm³/mol. The van der Waals surface area contributed by atoms with Crippen molar-refractivity contribution < 1.29 is 14.6 Å². The van der Waals surface area contributed by atoms with E-state index in [1.165, 1.54) is 6.08 Å². The number of ketones is 1. The van der Waals surface area contributed by atoms with Gasteiger partial charge in [0.15, 0.2) is 5.78 Å². The first-order chi connectivity index (χ1) is 10.6. The van der Waals surface area contributed by atoms with Crippen molar-refractivity contribution in [3.05, 3.63) is 71.9 Å². The fourth-order valence-corrected chi connectivity index (χ4v) is 1.95. The van der Waals surface area contributed by atoms with Gasteiger partial charge < -0.3 is 15.2 Å². The topological polar surface area (TPSA) is 58.6 Å². The molecule has 4 nitrogen and oxygen atoms in total. The lowest BCUT2D eigenvalue weighted by molar-refractivity contribution is 0.104. The quantitative estimate of drug-likeness (QED) is 0.632. The van der Waals surface area contributed by atoms with Crippen LogP contribution in [0.3, 0.4) is 0 Å². The molecule has 22 heavy (non-hydrogen) atoms. The molecule has 0 amide bonds. The van der Waals surface area contributed by atoms with Crippen LogP contribution in [0.4, 0.5) is 5.69 Å². The maximum Gasteiger partial charge on any atom is 0.187 e. The van der Waals surface area contributed by atoms with Gasteiger partial charge in [-0.2, -0.15) is 0 Å². The maximum atomic E-state index is 12.0. The SMILES string of the molecule is COc1ccc(C(=O)/C=C/Nc2cccc([C@@H](C)O)c2)cc1. The number of carbonyl (C=O) groups excluding carboxylic acids is 1. The molecular formula is C18H19NO3. The number of hydrogen-bond donors (Lipinski definition) is 2. The minimum absolute atomic E-state index is 0.0955. The molecule has 0 fully saturated rings. The van der Waals surface area contributed by atoms with E-state index < -0.39 is 6.10 Å². The smallest absolute Gasteiger partial charge is 0.187 e. The highest BCUT2D eigenvalue weighted by atomic mass is 16.5. The number of methoxy groups -OCH3 is 1. The molecular weight excluding hydrogens is 278 g/mol. The highest BCUT2D eigenvalue weighted by molar-refractivity contribution is 6.04. The maximum absolute atomic E-state index is 12.0. The Balaban J connectivity index is 1.99. The number of aliphatic hydroxyl groups is 1. The van der Waals surface area contributed by atoms with Crippen LogP contribution in [0, 0.1) is 0 Å². The van der Waals surface area contributed by atoms with Crippen LogP contribution >= 0.6 is 0 Å². The number of hydrogen-bond acceptors (Lipinski definition) is 4. The van der Waals surface area contributed by atoms with Gasteiger partial charge in [0.05, 0.1) is 13.2 Å². The van der Waals surface area contributed by atoms with E-state index in [4.69, 9.17) is 4.74 Å². The van der Waals surface area contributed by atoms with Crippen LogP contribution in [-0.2, 0) is 0 Å². The fourth-order valence-electron chi connectivity index (χ4n) is 1.95. The van der Waals surface area contributed by atoms with Crippen molar-refractivity contribution in [1.82, 2.24) is 0 Å². The van der Waals surface area contributed by atoms with Crippen LogP contribution in [0.5, 0.6) is 5.75 Å². The number of ether oxygens (including phenoxy) is 1. The Bertz CT molecular complexity index is 660. The molecule has 0 radical (unpaired) electrons. The largest absolute Gasteiger partial charge is 0.497 e. The predicted octanol–water partition coefficient (Wildman–Crippen LogP) is 3.56. The van der Waals surface area contributed by atoms with Gasteiger partial charge in [-0.15, -0.1) is 0 Å². The molecule has 0 aliphatic heterocycles. The molecule has 2 rings (SSSR count). The molecule has 4 heteroatoms. The van der Waals surface area contributed by atoms with Crippen molar-refractivity contribution in [2.75, 3.05) is 12.4 Å². The molecule has 0 aliphatic rings. The Kier molecular flexibility index (Phi) is 5.33. The number of benzene rings is 2. The van der Waals surface area contributed by atoms with Gasteiger partial charge in [-0.3, -0.25) is 4.79 Å². The third kappa shape index (κ3) is 4.20. The first kappa shape index (κ1) is 15.8. The number of carbonyl (C=O) groups is 1. The van der Waals surface area contributed by atoms with Gasteiger partial charge in [-0.05, 0) is 48.9 Å². The number of allylic oxidation sites excluding steroid dienone is 1. The molecule has 0 unspecified atom stereocenters. The monoisotopic (exact) mass is 297 g/mol. The van der Waals surface area contributed by atoms with Crippen molar-refractivity contribution >= 4 is 11.5 Å². The molecule has 2 N–H and O–H groups in total. The molecule has 0 saturated carbocycles. The second-order valence-corrected chi connectivity index (χ2v) is 4.87. The first-order valence-corrected chi connectivity index (χ1v) is 6.99. The highest BCUT2D eigenvalue weighted by Gasteiger charge is 2.02. The van der Waals surface area contributed by atoms with Crippen LogP contribution in [0.1, 0.15) is 28.9 Å². The summed E-state index contributed by atoms with van der Waals surface area (Å²) >= 11 is 0. The molecule has 2 aromatic rings. The van der Waals surface area contributed by atoms with Gasteiger partial charge in [-0.1, -0.05) is 12.1 Å². The molecule has 0 aliphatic carbocycles. The second-order valence-electron chi connectivity index (χ2n) is 4.87. The summed E-state index contributed by atoms with van der Waals surface area (Å²) in [5.41, 5.74) is 2.23. The van der Waals surface area contributed by atoms with E-state index in [2.05, 4.69) is 5.32 Å². The van der Waals surface area contributed by atoms with E-state index >= 15 is 0 Å². The number of nitrogens with one attached hydrogen (secondary N) is 1. The van der Waals surface area contributed by atoms with E-state index in [0.29, 0.717) is 11.3 Å². The summed E-state index contributed by atoms with van der Waals surface area (Å²) in [6.45, 7) is 1.71. The van der Waals surface area contributed by atoms with E-state index in [1.54, 1.807) is 44.5 Å². The third-order valence-electron chi connectivity index (χ3n) is 3.23. The highest BCUT2D eigenvalue weighted by Crippen LogP contribution is 2.17. The van der Waals surface area contributed by atoms with E-state index in [9.17, 15) is 9.90 Å². The summed E-state index contributed by atoms with van der Waals surface area (Å²) in [5.74, 6) is 0.621. The van der Waals surface area contributed by atoms with Gasteiger partial charge in [0, 0.05) is 23.5 Å². The fraction of sp³-hybridized carbons (Fsp3) is 0.167. The van der Waals surface area contributed by atoms with Crippen molar-refractivity contribution in [2.24, 2.45) is 0 Å². The second kappa shape index (κ2) is 7.43. The number of anilines is 1. The van der Waals surface area contributed by atoms with Gasteiger partial charge in [0.2, 0.25) is 0 Å². The van der Waals surface area contributed by atoms with Gasteiger partial charge in [0.25, 0.3) is 0 Å². The average molecular weight is 297 g/mol. The zero-order valence-corrected chi connectivity index (χ0v) is 12.6. The Hall–Kier alpha value is -2.59. The Morgan fingerprint density at radius 2 is 1.95 bits per heavy atom. The van der Waals surface area contributed by atoms with Gasteiger partial charge >= 0.3 is 0 Å². The number of rotatable bonds is 6. The average Bonchev–Trinajstić information content (AvgIpc) is 2.55. The summed E-state index contributed by atoms with van der Waals surface area (Å²) in [5, 5.41) is 12.6. The molecule has 0 heterocycles. The van der Waals surface area contributed by atoms with Crippen LogP contribution in [0.2, 0.25) is 0 Å². The van der Waals surface area contributed by atoms with E-state index in [-0.39, 0.29) is 5.78 Å². The molecule has 0 spiro atoms. The lowest BCUT2D eigenvalue weighted by Gasteiger charge is -2.07. The molecule has 114 valence electrons. The molecule has 1 atom stereocenters. The summed E-state index contributed by atoms with van der Waals surface area (Å²) in [7, 11) is 1.59. The van der Waals surface area contributed by atoms with Gasteiger partial charge in [-0.25, -0.2) is 0 Å². The Morgan fingerprint density at radius 3 is 2.59 bits per heavy atom. The lowest BCUT2D eigenvalue weighted by atomic mass is 10.1. The molecule has 0 bridgehead atoms. The van der Waals surface area contributed by atoms with Crippen LogP contribution in [0.25, 0.3) is 0 Å². The molecule has 0 saturated heterocycles. The zero-order valence-electron chi connectivity index (χ0n) is 12.6. The number of aliphatic hydroxyl groups excluding tert-OH is 1. The summed E-state index contributed by atoms with van der Waals surface area (Å²) < 4.78 is 5.06. The van der Waals surface area contributed by atoms with Crippen molar-refractivity contribution in [3.8, 4) is 5.75 Å². The minimum Gasteiger partial charge on any atom is -0.497 e. The zero-order chi connectivity index (χ0) is 15.9. The van der Waals surface area contributed by atoms with E-state index in [0.717, 1.165) is 11.3 Å². The third-order valence-corrected chi connectivity index (χ3v) is 3.23. The first-order valence-electron chi connectivity index (χ1n) is 6.99. The van der Waals surface area contributed by atoms with Crippen LogP contribution in [0.15, 0.2) is 60.8 Å². The normalized spacial score (nSPS) is 12.1. The lowest BCUT2D eigenvalue weighted by Crippen LogP contribution is -1.97. The Labute approximate surface area is 130 Å².